The average molecular weight is 411 g/mol. The van der Waals surface area contributed by atoms with Gasteiger partial charge in [0.1, 0.15) is 0 Å². The Morgan fingerprint density at radius 2 is 2.08 bits per heavy atom. The maximum absolute atomic E-state index is 12.3. The van der Waals surface area contributed by atoms with Crippen molar-refractivity contribution in [3.8, 4) is 0 Å². The first-order valence-corrected chi connectivity index (χ1v) is 9.03. The smallest absolute Gasteiger partial charge is 0.340 e. The Bertz CT molecular complexity index is 993. The van der Waals surface area contributed by atoms with Crippen molar-refractivity contribution in [3.05, 3.63) is 52.1 Å². The summed E-state index contributed by atoms with van der Waals surface area (Å²) in [5.74, 6) is -0.965. The van der Waals surface area contributed by atoms with Crippen LogP contribution in [0.4, 0.5) is 5.69 Å². The second kappa shape index (κ2) is 7.94. The van der Waals surface area contributed by atoms with Crippen LogP contribution in [-0.4, -0.2) is 39.3 Å². The largest absolute Gasteiger partial charge is 0.465 e. The highest BCUT2D eigenvalue weighted by atomic mass is 35.5. The van der Waals surface area contributed by atoms with Crippen LogP contribution in [0.15, 0.2) is 41.7 Å². The monoisotopic (exact) mass is 410 g/mol. The van der Waals surface area contributed by atoms with Crippen LogP contribution in [0.2, 0.25) is 10.0 Å². The molecule has 0 spiro atoms. The van der Waals surface area contributed by atoms with Crippen LogP contribution in [0.5, 0.6) is 0 Å². The lowest BCUT2D eigenvalue weighted by Gasteiger charge is -2.12. The molecular weight excluding hydrogens is 399 g/mol. The number of pyridine rings is 1. The molecule has 0 saturated heterocycles. The predicted molar refractivity (Wildman–Crippen MR) is 100 cm³/mol. The van der Waals surface area contributed by atoms with E-state index >= 15 is 0 Å². The summed E-state index contributed by atoms with van der Waals surface area (Å²) in [4.78, 5) is 24.2. The van der Waals surface area contributed by atoms with Gasteiger partial charge in [-0.25, -0.2) is 4.79 Å². The van der Waals surface area contributed by atoms with E-state index in [-0.39, 0.29) is 33.0 Å². The molecular formula is C16H12Cl2N4O3S. The first-order chi connectivity index (χ1) is 12.5. The Morgan fingerprint density at radius 3 is 2.85 bits per heavy atom. The van der Waals surface area contributed by atoms with Gasteiger partial charge in [0.05, 0.1) is 29.1 Å². The number of nitrogens with zero attached hydrogens (tertiary/aromatic N) is 3. The molecule has 0 radical (unpaired) electrons. The summed E-state index contributed by atoms with van der Waals surface area (Å²) in [7, 11) is 1.23. The standard InChI is InChI=1S/C16H12Cl2N4O3S/c1-25-15(24)10-6-9(17)7-11(18)14(10)19-13(23)8-26-16-21-20-12-4-2-3-5-22(12)16/h2-7H,8H2,1H3,(H,19,23). The van der Waals surface area contributed by atoms with E-state index in [1.54, 1.807) is 10.6 Å². The molecule has 1 amide bonds. The van der Waals surface area contributed by atoms with E-state index in [0.29, 0.717) is 10.8 Å². The minimum Gasteiger partial charge on any atom is -0.465 e. The number of rotatable bonds is 5. The van der Waals surface area contributed by atoms with Crippen molar-refractivity contribution in [2.24, 2.45) is 0 Å². The Labute approximate surface area is 162 Å². The first-order valence-electron chi connectivity index (χ1n) is 7.29. The van der Waals surface area contributed by atoms with Crippen molar-refractivity contribution in [3.63, 3.8) is 0 Å². The van der Waals surface area contributed by atoms with Gasteiger partial charge in [-0.1, -0.05) is 41.0 Å². The van der Waals surface area contributed by atoms with E-state index in [1.165, 1.54) is 31.0 Å². The van der Waals surface area contributed by atoms with E-state index in [2.05, 4.69) is 15.5 Å². The fourth-order valence-corrected chi connectivity index (χ4v) is 3.46. The van der Waals surface area contributed by atoms with E-state index in [1.807, 2.05) is 18.2 Å². The summed E-state index contributed by atoms with van der Waals surface area (Å²) < 4.78 is 6.47. The van der Waals surface area contributed by atoms with Gasteiger partial charge in [0.25, 0.3) is 0 Å². The van der Waals surface area contributed by atoms with E-state index < -0.39 is 5.97 Å². The molecule has 0 fully saturated rings. The van der Waals surface area contributed by atoms with Gasteiger partial charge in [0.15, 0.2) is 10.8 Å². The zero-order valence-corrected chi connectivity index (χ0v) is 15.7. The number of esters is 1. The Morgan fingerprint density at radius 1 is 1.27 bits per heavy atom. The molecule has 0 aliphatic rings. The summed E-state index contributed by atoms with van der Waals surface area (Å²) in [6.45, 7) is 0. The van der Waals surface area contributed by atoms with Gasteiger partial charge >= 0.3 is 5.97 Å². The lowest BCUT2D eigenvalue weighted by molar-refractivity contribution is -0.113. The zero-order chi connectivity index (χ0) is 18.7. The number of aromatic nitrogens is 3. The molecule has 0 aliphatic carbocycles. The molecule has 7 nitrogen and oxygen atoms in total. The summed E-state index contributed by atoms with van der Waals surface area (Å²) in [5, 5.41) is 11.7. The maximum Gasteiger partial charge on any atom is 0.340 e. The average Bonchev–Trinajstić information content (AvgIpc) is 3.04. The molecule has 10 heteroatoms. The van der Waals surface area contributed by atoms with E-state index in [4.69, 9.17) is 27.9 Å². The van der Waals surface area contributed by atoms with Gasteiger partial charge in [0.2, 0.25) is 5.91 Å². The normalized spacial score (nSPS) is 10.7. The number of ether oxygens (including phenoxy) is 1. The number of anilines is 1. The summed E-state index contributed by atoms with van der Waals surface area (Å²) in [6.07, 6.45) is 1.81. The van der Waals surface area contributed by atoms with Crippen molar-refractivity contribution < 1.29 is 14.3 Å². The van der Waals surface area contributed by atoms with Crippen molar-refractivity contribution in [1.29, 1.82) is 0 Å². The fraction of sp³-hybridized carbons (Fsp3) is 0.125. The van der Waals surface area contributed by atoms with Crippen molar-refractivity contribution in [1.82, 2.24) is 14.6 Å². The predicted octanol–water partition coefficient (Wildman–Crippen LogP) is 3.55. The van der Waals surface area contributed by atoms with Crippen LogP contribution in [-0.2, 0) is 9.53 Å². The van der Waals surface area contributed by atoms with Crippen molar-refractivity contribution >= 4 is 58.2 Å². The number of amides is 1. The highest BCUT2D eigenvalue weighted by Crippen LogP contribution is 2.31. The van der Waals surface area contributed by atoms with Crippen LogP contribution < -0.4 is 5.32 Å². The van der Waals surface area contributed by atoms with Gasteiger partial charge in [-0.15, -0.1) is 10.2 Å². The lowest BCUT2D eigenvalue weighted by atomic mass is 10.1. The van der Waals surface area contributed by atoms with Crippen LogP contribution in [0.3, 0.4) is 0 Å². The molecule has 26 heavy (non-hydrogen) atoms. The lowest BCUT2D eigenvalue weighted by Crippen LogP contribution is -2.17. The number of benzene rings is 1. The van der Waals surface area contributed by atoms with Crippen LogP contribution in [0.25, 0.3) is 5.65 Å². The number of nitrogens with one attached hydrogen (secondary N) is 1. The number of carbonyl (C=O) groups is 2. The number of hydrogen-bond donors (Lipinski definition) is 1. The first kappa shape index (κ1) is 18.5. The minimum atomic E-state index is -0.652. The highest BCUT2D eigenvalue weighted by molar-refractivity contribution is 7.99. The Kier molecular flexibility index (Phi) is 5.65. The van der Waals surface area contributed by atoms with Gasteiger partial charge in [-0.05, 0) is 24.3 Å². The maximum atomic E-state index is 12.3. The quantitative estimate of drug-likeness (QED) is 0.511. The third-order valence-electron chi connectivity index (χ3n) is 3.34. The third-order valence-corrected chi connectivity index (χ3v) is 4.80. The molecule has 0 atom stereocenters. The fourth-order valence-electron chi connectivity index (χ4n) is 2.20. The van der Waals surface area contributed by atoms with Gasteiger partial charge in [0, 0.05) is 11.2 Å². The second-order valence-electron chi connectivity index (χ2n) is 5.05. The molecule has 0 unspecified atom stereocenters. The number of hydrogen-bond acceptors (Lipinski definition) is 6. The van der Waals surface area contributed by atoms with Gasteiger partial charge < -0.3 is 10.1 Å². The zero-order valence-electron chi connectivity index (χ0n) is 13.4. The number of halogens is 2. The summed E-state index contributed by atoms with van der Waals surface area (Å²) >= 11 is 13.2. The molecule has 1 N–H and O–H groups in total. The van der Waals surface area contributed by atoms with Crippen LogP contribution in [0, 0.1) is 0 Å². The highest BCUT2D eigenvalue weighted by Gasteiger charge is 2.19. The van der Waals surface area contributed by atoms with E-state index in [0.717, 1.165) is 0 Å². The molecule has 0 saturated carbocycles. The number of methoxy groups -OCH3 is 1. The molecule has 134 valence electrons. The number of fused-ring (bicyclic) bond motifs is 1. The number of thioether (sulfide) groups is 1. The topological polar surface area (TPSA) is 85.6 Å². The van der Waals surface area contributed by atoms with E-state index in [9.17, 15) is 9.59 Å². The van der Waals surface area contributed by atoms with Crippen LogP contribution >= 0.6 is 35.0 Å². The van der Waals surface area contributed by atoms with Crippen molar-refractivity contribution in [2.75, 3.05) is 18.2 Å². The second-order valence-corrected chi connectivity index (χ2v) is 6.84. The molecule has 2 aromatic heterocycles. The van der Waals surface area contributed by atoms with Crippen molar-refractivity contribution in [2.45, 2.75) is 5.16 Å². The molecule has 0 bridgehead atoms. The SMILES string of the molecule is COC(=O)c1cc(Cl)cc(Cl)c1NC(=O)CSc1nnc2ccccn12. The molecule has 3 aromatic rings. The summed E-state index contributed by atoms with van der Waals surface area (Å²) in [5.41, 5.74) is 0.917. The minimum absolute atomic E-state index is 0.0508. The Hall–Kier alpha value is -2.29. The molecule has 1 aromatic carbocycles. The van der Waals surface area contributed by atoms with Gasteiger partial charge in [-0.2, -0.15) is 0 Å². The molecule has 3 rings (SSSR count). The van der Waals surface area contributed by atoms with Gasteiger partial charge in [-0.3, -0.25) is 9.20 Å². The third kappa shape index (κ3) is 3.92. The van der Waals surface area contributed by atoms with Crippen LogP contribution in [0.1, 0.15) is 10.4 Å². The molecule has 2 heterocycles. The molecule has 0 aliphatic heterocycles. The Balaban J connectivity index is 1.75. The summed E-state index contributed by atoms with van der Waals surface area (Å²) in [6, 6.07) is 8.32. The number of carbonyl (C=O) groups excluding carboxylic acids is 2.